The van der Waals surface area contributed by atoms with E-state index in [1.165, 1.54) is 0 Å². The summed E-state index contributed by atoms with van der Waals surface area (Å²) in [6.45, 7) is 6.45. The number of aryl methyl sites for hydroxylation is 1. The fourth-order valence-corrected chi connectivity index (χ4v) is 5.26. The van der Waals surface area contributed by atoms with Gasteiger partial charge in [-0.05, 0) is 39.3 Å². The minimum Gasteiger partial charge on any atom is -0.477 e. The van der Waals surface area contributed by atoms with E-state index >= 15 is 0 Å². The minimum atomic E-state index is -2.99. The van der Waals surface area contributed by atoms with Crippen LogP contribution in [0.2, 0.25) is 0 Å². The molecule has 1 atom stereocenters. The molecule has 1 saturated heterocycles. The lowest BCUT2D eigenvalue weighted by atomic mass is 10.1. The van der Waals surface area contributed by atoms with Gasteiger partial charge in [0.2, 0.25) is 5.88 Å². The number of amides is 1. The number of pyridine rings is 1. The third kappa shape index (κ3) is 4.04. The smallest absolute Gasteiger partial charge is 0.259 e. The summed E-state index contributed by atoms with van der Waals surface area (Å²) in [7, 11) is -1.27. The fraction of sp³-hybridized carbons (Fsp3) is 0.526. The van der Waals surface area contributed by atoms with Gasteiger partial charge in [-0.2, -0.15) is 5.10 Å². The molecule has 0 bridgehead atoms. The van der Waals surface area contributed by atoms with Crippen molar-refractivity contribution in [1.29, 1.82) is 0 Å². The molecule has 0 N–H and O–H groups in total. The largest absolute Gasteiger partial charge is 0.477 e. The summed E-state index contributed by atoms with van der Waals surface area (Å²) in [6.07, 6.45) is 2.17. The second-order valence-electron chi connectivity index (χ2n) is 7.10. The Hall–Kier alpha value is -2.42. The summed E-state index contributed by atoms with van der Waals surface area (Å²) in [5.74, 6) is 0.454. The zero-order valence-electron chi connectivity index (χ0n) is 16.7. The van der Waals surface area contributed by atoms with E-state index in [1.807, 2.05) is 25.5 Å². The van der Waals surface area contributed by atoms with E-state index < -0.39 is 9.84 Å². The van der Waals surface area contributed by atoms with Crippen molar-refractivity contribution in [3.8, 4) is 5.88 Å². The Kier molecular flexibility index (Phi) is 5.74. The molecule has 1 aliphatic heterocycles. The van der Waals surface area contributed by atoms with Crippen LogP contribution in [-0.4, -0.2) is 59.1 Å². The highest BCUT2D eigenvalue weighted by Crippen LogP contribution is 2.27. The zero-order chi connectivity index (χ0) is 20.5. The molecule has 2 aromatic rings. The van der Waals surface area contributed by atoms with Gasteiger partial charge in [0.05, 0.1) is 29.8 Å². The maximum atomic E-state index is 12.9. The van der Waals surface area contributed by atoms with E-state index in [-0.39, 0.29) is 23.5 Å². The maximum Gasteiger partial charge on any atom is 0.259 e. The number of carbonyl (C=O) groups is 1. The number of aromatic nitrogens is 3. The molecule has 1 amide bonds. The second-order valence-corrected chi connectivity index (χ2v) is 9.33. The molecule has 152 valence electrons. The first kappa shape index (κ1) is 20.3. The summed E-state index contributed by atoms with van der Waals surface area (Å²) < 4.78 is 30.9. The van der Waals surface area contributed by atoms with Crippen molar-refractivity contribution in [2.75, 3.05) is 25.2 Å². The van der Waals surface area contributed by atoms with Gasteiger partial charge in [0.15, 0.2) is 9.84 Å². The lowest BCUT2D eigenvalue weighted by Crippen LogP contribution is -2.27. The summed E-state index contributed by atoms with van der Waals surface area (Å²) in [4.78, 5) is 18.7. The highest BCUT2D eigenvalue weighted by atomic mass is 32.2. The first-order valence-corrected chi connectivity index (χ1v) is 11.1. The topological polar surface area (TPSA) is 94.4 Å². The van der Waals surface area contributed by atoms with Crippen LogP contribution >= 0.6 is 0 Å². The Morgan fingerprint density at radius 1 is 1.39 bits per heavy atom. The molecule has 9 heteroatoms. The molecule has 0 spiro atoms. The first-order chi connectivity index (χ1) is 13.2. The number of sulfone groups is 1. The number of hydrogen-bond acceptors (Lipinski definition) is 6. The van der Waals surface area contributed by atoms with Gasteiger partial charge in [0, 0.05) is 31.0 Å². The number of rotatable bonds is 6. The van der Waals surface area contributed by atoms with Gasteiger partial charge in [-0.3, -0.25) is 9.48 Å². The quantitative estimate of drug-likeness (QED) is 0.727. The van der Waals surface area contributed by atoms with Gasteiger partial charge in [-0.25, -0.2) is 13.4 Å². The minimum absolute atomic E-state index is 0.122. The normalized spacial score (nSPS) is 18.2. The summed E-state index contributed by atoms with van der Waals surface area (Å²) in [5.41, 5.74) is 3.05. The van der Waals surface area contributed by atoms with Crippen molar-refractivity contribution >= 4 is 15.7 Å². The Bertz CT molecular complexity index is 984. The van der Waals surface area contributed by atoms with E-state index in [0.717, 1.165) is 17.0 Å². The molecular weight excluding hydrogens is 380 g/mol. The van der Waals surface area contributed by atoms with E-state index in [0.29, 0.717) is 31.0 Å². The van der Waals surface area contributed by atoms with Crippen LogP contribution in [0.5, 0.6) is 5.88 Å². The van der Waals surface area contributed by atoms with Crippen LogP contribution in [0, 0.1) is 13.8 Å². The van der Waals surface area contributed by atoms with Gasteiger partial charge in [0.25, 0.3) is 5.91 Å². The highest BCUT2D eigenvalue weighted by molar-refractivity contribution is 7.91. The van der Waals surface area contributed by atoms with E-state index in [4.69, 9.17) is 4.74 Å². The Balaban J connectivity index is 1.81. The van der Waals surface area contributed by atoms with Crippen LogP contribution in [0.1, 0.15) is 46.7 Å². The number of ether oxygens (including phenoxy) is 1. The molecule has 3 heterocycles. The Morgan fingerprint density at radius 3 is 2.79 bits per heavy atom. The Labute approximate surface area is 165 Å². The highest BCUT2D eigenvalue weighted by Gasteiger charge is 2.31. The summed E-state index contributed by atoms with van der Waals surface area (Å²) >= 11 is 0. The van der Waals surface area contributed by atoms with Crippen molar-refractivity contribution in [3.63, 3.8) is 0 Å². The molecule has 0 saturated carbocycles. The molecule has 0 aliphatic carbocycles. The van der Waals surface area contributed by atoms with Crippen molar-refractivity contribution in [3.05, 3.63) is 40.8 Å². The summed E-state index contributed by atoms with van der Waals surface area (Å²) in [5, 5.41) is 4.57. The lowest BCUT2D eigenvalue weighted by molar-refractivity contribution is 0.0779. The van der Waals surface area contributed by atoms with Crippen LogP contribution in [-0.2, 0) is 16.4 Å². The zero-order valence-corrected chi connectivity index (χ0v) is 17.5. The molecule has 3 rings (SSSR count). The average Bonchev–Trinajstić information content (AvgIpc) is 3.15. The van der Waals surface area contributed by atoms with Gasteiger partial charge >= 0.3 is 0 Å². The first-order valence-electron chi connectivity index (χ1n) is 9.31. The molecule has 8 nitrogen and oxygen atoms in total. The maximum absolute atomic E-state index is 12.9. The number of carbonyl (C=O) groups excluding carboxylic acids is 1. The predicted molar refractivity (Wildman–Crippen MR) is 105 cm³/mol. The fourth-order valence-electron chi connectivity index (χ4n) is 3.57. The SMILES string of the molecule is CCOc1ncccc1C(=O)N(C)Cc1c(C)nn(C2CCS(=O)(=O)C2)c1C. The van der Waals surface area contributed by atoms with Crippen LogP contribution in [0.25, 0.3) is 0 Å². The van der Waals surface area contributed by atoms with Crippen molar-refractivity contribution in [2.45, 2.75) is 39.8 Å². The van der Waals surface area contributed by atoms with Crippen molar-refractivity contribution in [2.24, 2.45) is 0 Å². The molecule has 0 radical (unpaired) electrons. The van der Waals surface area contributed by atoms with Crippen LogP contribution in [0.3, 0.4) is 0 Å². The molecule has 1 fully saturated rings. The van der Waals surface area contributed by atoms with Gasteiger partial charge < -0.3 is 9.64 Å². The summed E-state index contributed by atoms with van der Waals surface area (Å²) in [6, 6.07) is 3.27. The number of nitrogens with zero attached hydrogens (tertiary/aromatic N) is 4. The van der Waals surface area contributed by atoms with E-state index in [1.54, 1.807) is 30.3 Å². The predicted octanol–water partition coefficient (Wildman–Crippen LogP) is 1.93. The number of hydrogen-bond donors (Lipinski definition) is 0. The van der Waals surface area contributed by atoms with Crippen LogP contribution in [0.4, 0.5) is 0 Å². The molecule has 0 aromatic carbocycles. The van der Waals surface area contributed by atoms with Crippen molar-refractivity contribution in [1.82, 2.24) is 19.7 Å². The third-order valence-electron chi connectivity index (χ3n) is 5.05. The van der Waals surface area contributed by atoms with E-state index in [9.17, 15) is 13.2 Å². The average molecular weight is 407 g/mol. The molecule has 1 aliphatic rings. The van der Waals surface area contributed by atoms with Gasteiger partial charge in [-0.1, -0.05) is 0 Å². The Morgan fingerprint density at radius 2 is 2.14 bits per heavy atom. The van der Waals surface area contributed by atoms with Gasteiger partial charge in [0.1, 0.15) is 5.56 Å². The molecule has 2 aromatic heterocycles. The second kappa shape index (κ2) is 7.90. The van der Waals surface area contributed by atoms with E-state index in [2.05, 4.69) is 10.1 Å². The van der Waals surface area contributed by atoms with Gasteiger partial charge in [-0.15, -0.1) is 0 Å². The monoisotopic (exact) mass is 406 g/mol. The molecule has 28 heavy (non-hydrogen) atoms. The molecule has 1 unspecified atom stereocenters. The third-order valence-corrected chi connectivity index (χ3v) is 6.80. The standard InChI is InChI=1S/C19H26N4O4S/c1-5-27-18-16(7-6-9-20-18)19(24)22(4)11-17-13(2)21-23(14(17)3)15-8-10-28(25,26)12-15/h6-7,9,15H,5,8,10-12H2,1-4H3. The van der Waals surface area contributed by atoms with Crippen molar-refractivity contribution < 1.29 is 17.9 Å². The molecular formula is C19H26N4O4S. The van der Waals surface area contributed by atoms with Crippen LogP contribution < -0.4 is 4.74 Å². The lowest BCUT2D eigenvalue weighted by Gasteiger charge is -2.19. The van der Waals surface area contributed by atoms with Crippen LogP contribution in [0.15, 0.2) is 18.3 Å².